The molecule has 0 radical (unpaired) electrons. The number of rotatable bonds is 7. The highest BCUT2D eigenvalue weighted by Crippen LogP contribution is 2.34. The number of benzene rings is 2. The van der Waals surface area contributed by atoms with E-state index in [0.29, 0.717) is 33.4 Å². The van der Waals surface area contributed by atoms with Gasteiger partial charge in [0.05, 0.1) is 21.1 Å². The lowest BCUT2D eigenvalue weighted by Crippen LogP contribution is -2.28. The molecule has 170 valence electrons. The Morgan fingerprint density at radius 2 is 1.73 bits per heavy atom. The van der Waals surface area contributed by atoms with E-state index in [2.05, 4.69) is 20.9 Å². The van der Waals surface area contributed by atoms with Crippen molar-refractivity contribution in [3.05, 3.63) is 64.8 Å². The highest BCUT2D eigenvalue weighted by molar-refractivity contribution is 6.39. The molecular formula is C24H25Cl2N7. The first-order valence-corrected chi connectivity index (χ1v) is 11.9. The van der Waals surface area contributed by atoms with Crippen molar-refractivity contribution in [2.24, 2.45) is 5.92 Å². The van der Waals surface area contributed by atoms with Crippen LogP contribution in [-0.4, -0.2) is 32.8 Å². The first-order valence-electron chi connectivity index (χ1n) is 11.1. The van der Waals surface area contributed by atoms with E-state index in [1.54, 1.807) is 18.3 Å². The Kier molecular flexibility index (Phi) is 6.62. The number of hydrogen-bond acceptors (Lipinski definition) is 6. The Bertz CT molecular complexity index is 1220. The summed E-state index contributed by atoms with van der Waals surface area (Å²) in [6, 6.07) is 15.3. The van der Waals surface area contributed by atoms with Crippen molar-refractivity contribution in [1.82, 2.24) is 25.1 Å². The third-order valence-electron chi connectivity index (χ3n) is 5.93. The Hall–Kier alpha value is -2.87. The molecule has 0 bridgehead atoms. The minimum absolute atomic E-state index is 0.527. The van der Waals surface area contributed by atoms with Gasteiger partial charge in [0.1, 0.15) is 0 Å². The normalized spacial score (nSPS) is 14.5. The van der Waals surface area contributed by atoms with Crippen LogP contribution in [-0.2, 0) is 6.54 Å². The lowest BCUT2D eigenvalue weighted by molar-refractivity contribution is 0.334. The number of nitrogens with one attached hydrogen (secondary N) is 3. The van der Waals surface area contributed by atoms with Crippen molar-refractivity contribution in [3.63, 3.8) is 0 Å². The molecule has 2 aromatic heterocycles. The number of aryl methyl sites for hydroxylation is 1. The maximum absolute atomic E-state index is 6.39. The largest absolute Gasteiger partial charge is 0.336 e. The molecule has 5 rings (SSSR count). The summed E-state index contributed by atoms with van der Waals surface area (Å²) in [7, 11) is 0. The summed E-state index contributed by atoms with van der Waals surface area (Å²) in [5.74, 6) is 1.85. The number of anilines is 4. The minimum atomic E-state index is 0.527. The second kappa shape index (κ2) is 9.95. The van der Waals surface area contributed by atoms with Crippen molar-refractivity contribution >= 4 is 57.4 Å². The van der Waals surface area contributed by atoms with Crippen LogP contribution in [0.5, 0.6) is 0 Å². The smallest absolute Gasteiger partial charge is 0.229 e. The van der Waals surface area contributed by atoms with Gasteiger partial charge in [-0.1, -0.05) is 47.5 Å². The van der Waals surface area contributed by atoms with E-state index in [4.69, 9.17) is 33.3 Å². The lowest BCUT2D eigenvalue weighted by Gasteiger charge is -2.22. The van der Waals surface area contributed by atoms with Gasteiger partial charge in [0.15, 0.2) is 11.5 Å². The minimum Gasteiger partial charge on any atom is -0.336 e. The van der Waals surface area contributed by atoms with Crippen LogP contribution in [0.4, 0.5) is 23.1 Å². The highest BCUT2D eigenvalue weighted by atomic mass is 35.5. The van der Waals surface area contributed by atoms with Crippen LogP contribution in [0, 0.1) is 5.92 Å². The summed E-state index contributed by atoms with van der Waals surface area (Å²) in [6.07, 6.45) is 5.22. The fourth-order valence-corrected chi connectivity index (χ4v) is 4.62. The molecule has 2 aromatic carbocycles. The molecule has 1 aliphatic rings. The molecule has 1 saturated heterocycles. The van der Waals surface area contributed by atoms with E-state index >= 15 is 0 Å². The Morgan fingerprint density at radius 1 is 0.970 bits per heavy atom. The number of nitrogens with zero attached hydrogens (tertiary/aromatic N) is 4. The summed E-state index contributed by atoms with van der Waals surface area (Å²) in [5.41, 5.74) is 2.32. The molecule has 1 aliphatic heterocycles. The second-order valence-electron chi connectivity index (χ2n) is 8.20. The first-order chi connectivity index (χ1) is 16.2. The molecule has 33 heavy (non-hydrogen) atoms. The average Bonchev–Trinajstić information content (AvgIpc) is 3.18. The van der Waals surface area contributed by atoms with Crippen LogP contribution in [0.1, 0.15) is 19.3 Å². The summed E-state index contributed by atoms with van der Waals surface area (Å²) < 4.78 is 1.96. The maximum Gasteiger partial charge on any atom is 0.229 e. The van der Waals surface area contributed by atoms with Gasteiger partial charge in [-0.05, 0) is 62.5 Å². The van der Waals surface area contributed by atoms with Gasteiger partial charge in [0, 0.05) is 18.4 Å². The monoisotopic (exact) mass is 481 g/mol. The van der Waals surface area contributed by atoms with Crippen LogP contribution < -0.4 is 16.0 Å². The van der Waals surface area contributed by atoms with Gasteiger partial charge in [0.25, 0.3) is 0 Å². The van der Waals surface area contributed by atoms with Gasteiger partial charge >= 0.3 is 0 Å². The molecule has 7 nitrogen and oxygen atoms in total. The van der Waals surface area contributed by atoms with Crippen molar-refractivity contribution in [1.29, 1.82) is 0 Å². The van der Waals surface area contributed by atoms with Crippen LogP contribution in [0.25, 0.3) is 11.0 Å². The third-order valence-corrected chi connectivity index (χ3v) is 6.56. The van der Waals surface area contributed by atoms with Crippen molar-refractivity contribution < 1.29 is 0 Å². The molecule has 3 heterocycles. The highest BCUT2D eigenvalue weighted by Gasteiger charge is 2.18. The van der Waals surface area contributed by atoms with Gasteiger partial charge in [-0.25, -0.2) is 9.67 Å². The van der Waals surface area contributed by atoms with E-state index in [1.165, 1.54) is 12.8 Å². The molecule has 9 heteroatoms. The Balaban J connectivity index is 1.48. The lowest BCUT2D eigenvalue weighted by atomic mass is 9.95. The molecule has 1 fully saturated rings. The van der Waals surface area contributed by atoms with Crippen LogP contribution >= 0.6 is 23.2 Å². The van der Waals surface area contributed by atoms with Gasteiger partial charge in [-0.2, -0.15) is 10.1 Å². The zero-order valence-electron chi connectivity index (χ0n) is 18.1. The van der Waals surface area contributed by atoms with E-state index in [-0.39, 0.29) is 0 Å². The molecule has 0 unspecified atom stereocenters. The van der Waals surface area contributed by atoms with Crippen molar-refractivity contribution in [3.8, 4) is 0 Å². The molecule has 0 saturated carbocycles. The molecule has 3 N–H and O–H groups in total. The zero-order chi connectivity index (χ0) is 22.6. The van der Waals surface area contributed by atoms with E-state index < -0.39 is 0 Å². The molecule has 0 amide bonds. The van der Waals surface area contributed by atoms with E-state index in [1.807, 2.05) is 41.1 Å². The molecule has 4 aromatic rings. The molecule has 0 aliphatic carbocycles. The number of fused-ring (bicyclic) bond motifs is 1. The predicted molar refractivity (Wildman–Crippen MR) is 135 cm³/mol. The second-order valence-corrected chi connectivity index (χ2v) is 9.01. The predicted octanol–water partition coefficient (Wildman–Crippen LogP) is 6.01. The molecular weight excluding hydrogens is 457 g/mol. The van der Waals surface area contributed by atoms with Gasteiger partial charge in [-0.3, -0.25) is 0 Å². The standard InChI is InChI=1S/C24H25Cl2N7/c25-19-7-4-8-20(26)21(19)30-22-18-15-28-24(29-17-5-2-1-3-6-17)31-23(18)33(32-22)14-11-16-9-12-27-13-10-16/h1-8,15-16,27H,9-14H2,(H,30,32)(H,28,29,31). The number of para-hydroxylation sites is 2. The van der Waals surface area contributed by atoms with Crippen molar-refractivity contribution in [2.75, 3.05) is 23.7 Å². The van der Waals surface area contributed by atoms with E-state index in [9.17, 15) is 0 Å². The zero-order valence-corrected chi connectivity index (χ0v) is 19.6. The van der Waals surface area contributed by atoms with Gasteiger partial charge in [-0.15, -0.1) is 0 Å². The molecule has 0 spiro atoms. The Labute approximate surface area is 202 Å². The van der Waals surface area contributed by atoms with E-state index in [0.717, 1.165) is 42.8 Å². The van der Waals surface area contributed by atoms with Crippen LogP contribution in [0.3, 0.4) is 0 Å². The quantitative estimate of drug-likeness (QED) is 0.299. The average molecular weight is 482 g/mol. The SMILES string of the molecule is Clc1cccc(Cl)c1Nc1nn(CCC2CCNCC2)c2nc(Nc3ccccc3)ncc12. The third kappa shape index (κ3) is 5.05. The fourth-order valence-electron chi connectivity index (χ4n) is 4.13. The number of piperidine rings is 1. The number of hydrogen-bond donors (Lipinski definition) is 3. The summed E-state index contributed by atoms with van der Waals surface area (Å²) in [4.78, 5) is 9.32. The summed E-state index contributed by atoms with van der Waals surface area (Å²) in [6.45, 7) is 2.94. The topological polar surface area (TPSA) is 79.7 Å². The fraction of sp³-hybridized carbons (Fsp3) is 0.292. The summed E-state index contributed by atoms with van der Waals surface area (Å²) in [5, 5.41) is 16.7. The maximum atomic E-state index is 6.39. The Morgan fingerprint density at radius 3 is 2.48 bits per heavy atom. The first kappa shape index (κ1) is 21.9. The van der Waals surface area contributed by atoms with Crippen LogP contribution in [0.15, 0.2) is 54.7 Å². The number of aromatic nitrogens is 4. The molecule has 0 atom stereocenters. The summed E-state index contributed by atoms with van der Waals surface area (Å²) >= 11 is 12.8. The van der Waals surface area contributed by atoms with Gasteiger partial charge in [0.2, 0.25) is 5.95 Å². The number of halogens is 2. The van der Waals surface area contributed by atoms with Gasteiger partial charge < -0.3 is 16.0 Å². The van der Waals surface area contributed by atoms with Crippen molar-refractivity contribution in [2.45, 2.75) is 25.8 Å². The van der Waals surface area contributed by atoms with Crippen LogP contribution in [0.2, 0.25) is 10.0 Å².